The summed E-state index contributed by atoms with van der Waals surface area (Å²) in [4.78, 5) is 26.0. The number of thiazole rings is 1. The molecule has 0 aliphatic rings. The van der Waals surface area contributed by atoms with E-state index in [2.05, 4.69) is 20.3 Å². The number of thioether (sulfide) groups is 1. The predicted molar refractivity (Wildman–Crippen MR) is 107 cm³/mol. The van der Waals surface area contributed by atoms with Crippen molar-refractivity contribution in [3.63, 3.8) is 0 Å². The standard InChI is InChI=1S/C19H20N4OS2/c1-14-17(26-19(23-14)16-5-3-8-21-11-16)12-25-13-18(24)22-9-6-15-4-2-7-20-10-15/h2-5,7-8,10-11H,6,9,12-13H2,1H3,(H,22,24). The summed E-state index contributed by atoms with van der Waals surface area (Å²) in [5.41, 5.74) is 3.19. The van der Waals surface area contributed by atoms with Crippen molar-refractivity contribution in [1.82, 2.24) is 20.3 Å². The second kappa shape index (κ2) is 9.45. The predicted octanol–water partition coefficient (Wildman–Crippen LogP) is 3.50. The molecule has 0 aliphatic heterocycles. The first-order valence-corrected chi connectivity index (χ1v) is 10.3. The SMILES string of the molecule is Cc1nc(-c2cccnc2)sc1CSCC(=O)NCCc1cccnc1. The molecule has 0 saturated heterocycles. The second-order valence-electron chi connectivity index (χ2n) is 5.72. The van der Waals surface area contributed by atoms with Gasteiger partial charge in [-0.2, -0.15) is 0 Å². The number of aryl methyl sites for hydroxylation is 1. The van der Waals surface area contributed by atoms with Crippen LogP contribution >= 0.6 is 23.1 Å². The smallest absolute Gasteiger partial charge is 0.230 e. The molecule has 3 rings (SSSR count). The zero-order valence-electron chi connectivity index (χ0n) is 14.5. The highest BCUT2D eigenvalue weighted by Crippen LogP contribution is 2.29. The van der Waals surface area contributed by atoms with Crippen LogP contribution in [0.5, 0.6) is 0 Å². The van der Waals surface area contributed by atoms with Crippen molar-refractivity contribution in [3.05, 3.63) is 65.2 Å². The van der Waals surface area contributed by atoms with Gasteiger partial charge in [0.1, 0.15) is 5.01 Å². The van der Waals surface area contributed by atoms with Crippen molar-refractivity contribution in [2.24, 2.45) is 0 Å². The lowest BCUT2D eigenvalue weighted by molar-refractivity contribution is -0.118. The molecule has 3 heterocycles. The van der Waals surface area contributed by atoms with Crippen LogP contribution in [-0.4, -0.2) is 33.2 Å². The molecule has 134 valence electrons. The fraction of sp³-hybridized carbons (Fsp3) is 0.263. The molecule has 1 N–H and O–H groups in total. The Balaban J connectivity index is 1.42. The summed E-state index contributed by atoms with van der Waals surface area (Å²) in [5.74, 6) is 1.31. The van der Waals surface area contributed by atoms with Crippen molar-refractivity contribution < 1.29 is 4.79 Å². The van der Waals surface area contributed by atoms with Crippen molar-refractivity contribution in [2.45, 2.75) is 19.1 Å². The van der Waals surface area contributed by atoms with Crippen LogP contribution in [0.1, 0.15) is 16.1 Å². The average molecular weight is 385 g/mol. The fourth-order valence-corrected chi connectivity index (χ4v) is 4.47. The van der Waals surface area contributed by atoms with Gasteiger partial charge in [-0.25, -0.2) is 4.98 Å². The molecule has 3 aromatic heterocycles. The summed E-state index contributed by atoms with van der Waals surface area (Å²) >= 11 is 3.28. The van der Waals surface area contributed by atoms with E-state index < -0.39 is 0 Å². The molecule has 5 nitrogen and oxygen atoms in total. The summed E-state index contributed by atoms with van der Waals surface area (Å²) in [7, 11) is 0. The Morgan fingerprint density at radius 3 is 2.73 bits per heavy atom. The van der Waals surface area contributed by atoms with Crippen molar-refractivity contribution in [3.8, 4) is 10.6 Å². The van der Waals surface area contributed by atoms with Gasteiger partial charge in [0.05, 0.1) is 11.4 Å². The molecule has 0 fully saturated rings. The maximum atomic E-state index is 12.0. The van der Waals surface area contributed by atoms with Gasteiger partial charge in [-0.1, -0.05) is 6.07 Å². The minimum absolute atomic E-state index is 0.0635. The number of carbonyl (C=O) groups excluding carboxylic acids is 1. The average Bonchev–Trinajstić information content (AvgIpc) is 3.04. The third-order valence-electron chi connectivity index (χ3n) is 3.73. The van der Waals surface area contributed by atoms with E-state index in [1.54, 1.807) is 35.5 Å². The van der Waals surface area contributed by atoms with Crippen molar-refractivity contribution in [1.29, 1.82) is 0 Å². The molecule has 26 heavy (non-hydrogen) atoms. The summed E-state index contributed by atoms with van der Waals surface area (Å²) in [6.45, 7) is 2.65. The van der Waals surface area contributed by atoms with Crippen LogP contribution in [0.3, 0.4) is 0 Å². The van der Waals surface area contributed by atoms with Crippen LogP contribution in [0, 0.1) is 6.92 Å². The molecule has 7 heteroatoms. The lowest BCUT2D eigenvalue weighted by atomic mass is 10.2. The van der Waals surface area contributed by atoms with Gasteiger partial charge in [-0.05, 0) is 37.1 Å². The number of hydrogen-bond donors (Lipinski definition) is 1. The van der Waals surface area contributed by atoms with Crippen LogP contribution < -0.4 is 5.32 Å². The molecule has 1 amide bonds. The summed E-state index contributed by atoms with van der Waals surface area (Å²) in [5, 5.41) is 3.93. The molecule has 0 aliphatic carbocycles. The Bertz CT molecular complexity index is 837. The van der Waals surface area contributed by atoms with Crippen LogP contribution in [-0.2, 0) is 17.0 Å². The fourth-order valence-electron chi connectivity index (χ4n) is 2.35. The Kier molecular flexibility index (Phi) is 6.74. The Labute approximate surface area is 161 Å². The lowest BCUT2D eigenvalue weighted by Gasteiger charge is -2.05. The van der Waals surface area contributed by atoms with E-state index in [9.17, 15) is 4.79 Å². The summed E-state index contributed by atoms with van der Waals surface area (Å²) in [6, 6.07) is 7.85. The Hall–Kier alpha value is -2.25. The van der Waals surface area contributed by atoms with Gasteiger partial charge in [0.2, 0.25) is 5.91 Å². The van der Waals surface area contributed by atoms with Gasteiger partial charge in [0, 0.05) is 47.5 Å². The topological polar surface area (TPSA) is 67.8 Å². The molecule has 0 spiro atoms. The van der Waals surface area contributed by atoms with E-state index in [0.717, 1.165) is 34.0 Å². The van der Waals surface area contributed by atoms with E-state index in [-0.39, 0.29) is 5.91 Å². The third-order valence-corrected chi connectivity index (χ3v) is 6.07. The highest BCUT2D eigenvalue weighted by molar-refractivity contribution is 7.99. The number of pyridine rings is 2. The molecule has 0 saturated carbocycles. The van der Waals surface area contributed by atoms with Gasteiger partial charge in [-0.15, -0.1) is 23.1 Å². The van der Waals surface area contributed by atoms with Crippen LogP contribution in [0.15, 0.2) is 49.1 Å². The Morgan fingerprint density at radius 1 is 1.19 bits per heavy atom. The number of hydrogen-bond acceptors (Lipinski definition) is 6. The number of rotatable bonds is 8. The molecule has 0 atom stereocenters. The van der Waals surface area contributed by atoms with Gasteiger partial charge >= 0.3 is 0 Å². The number of carbonyl (C=O) groups is 1. The molecular weight excluding hydrogens is 364 g/mol. The molecule has 0 aromatic carbocycles. The van der Waals surface area contributed by atoms with E-state index in [1.807, 2.05) is 43.6 Å². The molecule has 0 bridgehead atoms. The molecular formula is C19H20N4OS2. The highest BCUT2D eigenvalue weighted by Gasteiger charge is 2.10. The first kappa shape index (κ1) is 18.5. The van der Waals surface area contributed by atoms with Crippen LogP contribution in [0.25, 0.3) is 10.6 Å². The number of nitrogens with zero attached hydrogens (tertiary/aromatic N) is 3. The van der Waals surface area contributed by atoms with Crippen LogP contribution in [0.4, 0.5) is 0 Å². The largest absolute Gasteiger partial charge is 0.355 e. The number of nitrogens with one attached hydrogen (secondary N) is 1. The van der Waals surface area contributed by atoms with Gasteiger partial charge in [0.25, 0.3) is 0 Å². The molecule has 3 aromatic rings. The zero-order chi connectivity index (χ0) is 18.2. The number of aromatic nitrogens is 3. The molecule has 0 radical (unpaired) electrons. The lowest BCUT2D eigenvalue weighted by Crippen LogP contribution is -2.27. The van der Waals surface area contributed by atoms with Gasteiger partial charge in [0.15, 0.2) is 0 Å². The van der Waals surface area contributed by atoms with E-state index in [4.69, 9.17) is 0 Å². The number of amides is 1. The highest BCUT2D eigenvalue weighted by atomic mass is 32.2. The van der Waals surface area contributed by atoms with Crippen molar-refractivity contribution in [2.75, 3.05) is 12.3 Å². The monoisotopic (exact) mass is 384 g/mol. The minimum atomic E-state index is 0.0635. The maximum Gasteiger partial charge on any atom is 0.230 e. The third kappa shape index (κ3) is 5.37. The quantitative estimate of drug-likeness (QED) is 0.644. The van der Waals surface area contributed by atoms with Gasteiger partial charge in [-0.3, -0.25) is 14.8 Å². The summed E-state index contributed by atoms with van der Waals surface area (Å²) in [6.07, 6.45) is 7.96. The van der Waals surface area contributed by atoms with E-state index in [0.29, 0.717) is 12.3 Å². The Morgan fingerprint density at radius 2 is 2.00 bits per heavy atom. The maximum absolute atomic E-state index is 12.0. The van der Waals surface area contributed by atoms with Crippen molar-refractivity contribution >= 4 is 29.0 Å². The normalized spacial score (nSPS) is 10.7. The van der Waals surface area contributed by atoms with E-state index in [1.165, 1.54) is 4.88 Å². The second-order valence-corrected chi connectivity index (χ2v) is 7.79. The molecule has 0 unspecified atom stereocenters. The first-order valence-electron chi connectivity index (χ1n) is 8.32. The minimum Gasteiger partial charge on any atom is -0.355 e. The zero-order valence-corrected chi connectivity index (χ0v) is 16.1. The summed E-state index contributed by atoms with van der Waals surface area (Å²) < 4.78 is 0. The van der Waals surface area contributed by atoms with Gasteiger partial charge < -0.3 is 5.32 Å². The first-order chi connectivity index (χ1) is 12.7. The van der Waals surface area contributed by atoms with Crippen LogP contribution in [0.2, 0.25) is 0 Å². The van der Waals surface area contributed by atoms with E-state index >= 15 is 0 Å².